The van der Waals surface area contributed by atoms with Crippen molar-refractivity contribution in [3.05, 3.63) is 35.9 Å². The second-order valence-corrected chi connectivity index (χ2v) is 6.87. The fourth-order valence-electron chi connectivity index (χ4n) is 3.81. The van der Waals surface area contributed by atoms with Gasteiger partial charge in [0.15, 0.2) is 0 Å². The van der Waals surface area contributed by atoms with E-state index in [-0.39, 0.29) is 17.7 Å². The number of carboxylic acid groups (broad SMARTS) is 1. The second kappa shape index (κ2) is 7.68. The van der Waals surface area contributed by atoms with Crippen LogP contribution in [0.15, 0.2) is 30.3 Å². The second-order valence-electron chi connectivity index (χ2n) is 6.87. The normalized spacial score (nSPS) is 23.5. The molecule has 0 aliphatic carbocycles. The third-order valence-electron chi connectivity index (χ3n) is 5.14. The Morgan fingerprint density at radius 1 is 1.04 bits per heavy atom. The highest BCUT2D eigenvalue weighted by Crippen LogP contribution is 2.25. The summed E-state index contributed by atoms with van der Waals surface area (Å²) in [6, 6.07) is 8.87. The minimum atomic E-state index is -0.932. The molecule has 6 nitrogen and oxygen atoms in total. The lowest BCUT2D eigenvalue weighted by molar-refractivity contribution is -0.151. The predicted octanol–water partition coefficient (Wildman–Crippen LogP) is 1.54. The molecule has 2 amide bonds. The lowest BCUT2D eigenvalue weighted by atomic mass is 9.95. The quantitative estimate of drug-likeness (QED) is 0.899. The van der Waals surface area contributed by atoms with Gasteiger partial charge in [-0.15, -0.1) is 0 Å². The molecule has 0 aromatic heterocycles. The van der Waals surface area contributed by atoms with Crippen LogP contribution in [0.25, 0.3) is 0 Å². The Balaban J connectivity index is 1.61. The van der Waals surface area contributed by atoms with Crippen LogP contribution in [0, 0.1) is 5.92 Å². The number of piperidine rings is 1. The van der Waals surface area contributed by atoms with Gasteiger partial charge < -0.3 is 14.9 Å². The van der Waals surface area contributed by atoms with Crippen LogP contribution in [-0.2, 0) is 20.8 Å². The van der Waals surface area contributed by atoms with Gasteiger partial charge >= 0.3 is 5.97 Å². The van der Waals surface area contributed by atoms with Crippen molar-refractivity contribution in [2.45, 2.75) is 38.1 Å². The highest BCUT2D eigenvalue weighted by Gasteiger charge is 2.38. The van der Waals surface area contributed by atoms with Crippen molar-refractivity contribution in [1.82, 2.24) is 9.80 Å². The maximum absolute atomic E-state index is 12.8. The van der Waals surface area contributed by atoms with Gasteiger partial charge in [-0.25, -0.2) is 4.79 Å². The summed E-state index contributed by atoms with van der Waals surface area (Å²) in [7, 11) is 0. The van der Waals surface area contributed by atoms with Crippen LogP contribution in [0.3, 0.4) is 0 Å². The Morgan fingerprint density at radius 3 is 2.48 bits per heavy atom. The van der Waals surface area contributed by atoms with Gasteiger partial charge in [-0.3, -0.25) is 9.59 Å². The van der Waals surface area contributed by atoms with E-state index in [0.29, 0.717) is 32.5 Å². The third-order valence-corrected chi connectivity index (χ3v) is 5.14. The lowest BCUT2D eigenvalue weighted by Crippen LogP contribution is -2.49. The van der Waals surface area contributed by atoms with Crippen molar-refractivity contribution < 1.29 is 19.5 Å². The zero-order chi connectivity index (χ0) is 17.8. The topological polar surface area (TPSA) is 77.9 Å². The minimum Gasteiger partial charge on any atom is -0.480 e. The Hall–Kier alpha value is -2.37. The number of carbonyl (C=O) groups excluding carboxylic acids is 2. The first-order chi connectivity index (χ1) is 12.1. The van der Waals surface area contributed by atoms with Crippen molar-refractivity contribution in [2.75, 3.05) is 19.6 Å². The molecule has 2 saturated heterocycles. The van der Waals surface area contributed by atoms with E-state index in [2.05, 4.69) is 0 Å². The van der Waals surface area contributed by atoms with Crippen molar-refractivity contribution in [3.63, 3.8) is 0 Å². The van der Waals surface area contributed by atoms with Crippen LogP contribution in [0.4, 0.5) is 0 Å². The highest BCUT2D eigenvalue weighted by atomic mass is 16.4. The number of benzene rings is 1. The van der Waals surface area contributed by atoms with E-state index in [1.165, 1.54) is 4.90 Å². The van der Waals surface area contributed by atoms with Crippen LogP contribution in [0.1, 0.15) is 31.2 Å². The first-order valence-corrected chi connectivity index (χ1v) is 8.91. The van der Waals surface area contributed by atoms with Crippen molar-refractivity contribution >= 4 is 17.8 Å². The van der Waals surface area contributed by atoms with Crippen LogP contribution >= 0.6 is 0 Å². The summed E-state index contributed by atoms with van der Waals surface area (Å²) >= 11 is 0. The zero-order valence-corrected chi connectivity index (χ0v) is 14.3. The van der Waals surface area contributed by atoms with E-state index in [4.69, 9.17) is 0 Å². The highest BCUT2D eigenvalue weighted by molar-refractivity contribution is 5.86. The SMILES string of the molecule is O=C(O)[C@H]1CCCN1C(=O)C1CCCN(C(=O)Cc2ccccc2)C1. The zero-order valence-electron chi connectivity index (χ0n) is 14.3. The first kappa shape index (κ1) is 17.5. The monoisotopic (exact) mass is 344 g/mol. The largest absolute Gasteiger partial charge is 0.480 e. The molecule has 2 heterocycles. The summed E-state index contributed by atoms with van der Waals surface area (Å²) in [5.41, 5.74) is 0.964. The molecule has 2 atom stereocenters. The molecule has 1 N–H and O–H groups in total. The standard InChI is InChI=1S/C19H24N2O4/c22-17(12-14-6-2-1-3-7-14)20-10-4-8-15(13-20)18(23)21-11-5-9-16(21)19(24)25/h1-3,6-7,15-16H,4-5,8-13H2,(H,24,25)/t15?,16-/m1/s1. The fraction of sp³-hybridized carbons (Fsp3) is 0.526. The lowest BCUT2D eigenvalue weighted by Gasteiger charge is -2.35. The minimum absolute atomic E-state index is 0.0277. The number of hydrogen-bond acceptors (Lipinski definition) is 3. The Morgan fingerprint density at radius 2 is 1.76 bits per heavy atom. The van der Waals surface area contributed by atoms with E-state index >= 15 is 0 Å². The van der Waals surface area contributed by atoms with E-state index in [0.717, 1.165) is 24.8 Å². The Labute approximate surface area is 147 Å². The molecule has 6 heteroatoms. The van der Waals surface area contributed by atoms with Gasteiger partial charge in [0.05, 0.1) is 12.3 Å². The molecule has 2 aliphatic heterocycles. The summed E-state index contributed by atoms with van der Waals surface area (Å²) in [6.07, 6.45) is 3.08. The molecule has 134 valence electrons. The number of rotatable bonds is 4. The molecule has 2 aliphatic rings. The van der Waals surface area contributed by atoms with E-state index in [9.17, 15) is 19.5 Å². The summed E-state index contributed by atoms with van der Waals surface area (Å²) in [6.45, 7) is 1.56. The molecule has 0 bridgehead atoms. The maximum Gasteiger partial charge on any atom is 0.326 e. The van der Waals surface area contributed by atoms with Gasteiger partial charge in [-0.1, -0.05) is 30.3 Å². The van der Waals surface area contributed by atoms with Crippen molar-refractivity contribution in [1.29, 1.82) is 0 Å². The third kappa shape index (κ3) is 4.00. The number of aliphatic carboxylic acids is 1. The van der Waals surface area contributed by atoms with E-state index < -0.39 is 12.0 Å². The smallest absolute Gasteiger partial charge is 0.326 e. The van der Waals surface area contributed by atoms with Crippen LogP contribution in [0.5, 0.6) is 0 Å². The maximum atomic E-state index is 12.8. The molecule has 0 radical (unpaired) electrons. The van der Waals surface area contributed by atoms with Gasteiger partial charge in [0.25, 0.3) is 0 Å². The number of nitrogens with zero attached hydrogens (tertiary/aromatic N) is 2. The number of carbonyl (C=O) groups is 3. The molecule has 25 heavy (non-hydrogen) atoms. The Bertz CT molecular complexity index is 646. The number of amides is 2. The summed E-state index contributed by atoms with van der Waals surface area (Å²) in [5.74, 6) is -1.30. The van der Waals surface area contributed by atoms with E-state index in [1.807, 2.05) is 30.3 Å². The average molecular weight is 344 g/mol. The molecule has 1 unspecified atom stereocenters. The molecular formula is C19H24N2O4. The number of hydrogen-bond donors (Lipinski definition) is 1. The van der Waals surface area contributed by atoms with Crippen LogP contribution in [0.2, 0.25) is 0 Å². The molecule has 0 saturated carbocycles. The fourth-order valence-corrected chi connectivity index (χ4v) is 3.81. The number of likely N-dealkylation sites (tertiary alicyclic amines) is 2. The Kier molecular flexibility index (Phi) is 5.36. The van der Waals surface area contributed by atoms with Gasteiger partial charge in [-0.05, 0) is 31.2 Å². The molecule has 3 rings (SSSR count). The van der Waals surface area contributed by atoms with E-state index in [1.54, 1.807) is 4.90 Å². The van der Waals surface area contributed by atoms with Crippen LogP contribution < -0.4 is 0 Å². The average Bonchev–Trinajstić information content (AvgIpc) is 3.12. The first-order valence-electron chi connectivity index (χ1n) is 8.91. The van der Waals surface area contributed by atoms with Crippen molar-refractivity contribution in [3.8, 4) is 0 Å². The van der Waals surface area contributed by atoms with Crippen molar-refractivity contribution in [2.24, 2.45) is 5.92 Å². The van der Waals surface area contributed by atoms with Gasteiger partial charge in [-0.2, -0.15) is 0 Å². The molecular weight excluding hydrogens is 320 g/mol. The van der Waals surface area contributed by atoms with Gasteiger partial charge in [0.2, 0.25) is 11.8 Å². The van der Waals surface area contributed by atoms with Crippen LogP contribution in [-0.4, -0.2) is 58.4 Å². The molecule has 0 spiro atoms. The summed E-state index contributed by atoms with van der Waals surface area (Å²) < 4.78 is 0. The van der Waals surface area contributed by atoms with Gasteiger partial charge in [0, 0.05) is 19.6 Å². The molecule has 1 aromatic carbocycles. The predicted molar refractivity (Wildman–Crippen MR) is 91.8 cm³/mol. The molecule has 1 aromatic rings. The summed E-state index contributed by atoms with van der Waals surface area (Å²) in [5, 5.41) is 9.28. The summed E-state index contributed by atoms with van der Waals surface area (Å²) in [4.78, 5) is 39.9. The van der Waals surface area contributed by atoms with Gasteiger partial charge in [0.1, 0.15) is 6.04 Å². The molecule has 2 fully saturated rings. The number of carboxylic acids is 1.